The summed E-state index contributed by atoms with van der Waals surface area (Å²) in [6, 6.07) is 14.1. The lowest BCUT2D eigenvalue weighted by Gasteiger charge is -2.34. The molecule has 0 unspecified atom stereocenters. The molecule has 0 spiro atoms. The van der Waals surface area contributed by atoms with Gasteiger partial charge in [-0.3, -0.25) is 4.79 Å². The molecule has 2 aromatic carbocycles. The van der Waals surface area contributed by atoms with Gasteiger partial charge in [0.25, 0.3) is 0 Å². The molecule has 158 valence electrons. The second-order valence-corrected chi connectivity index (χ2v) is 9.67. The number of H-pyrrole nitrogens is 1. The molecule has 0 aliphatic carbocycles. The molecule has 1 saturated heterocycles. The average molecular weight is 447 g/mol. The van der Waals surface area contributed by atoms with Crippen LogP contribution in [0.5, 0.6) is 0 Å². The number of para-hydroxylation sites is 2. The summed E-state index contributed by atoms with van der Waals surface area (Å²) in [6.07, 6.45) is 1.81. The van der Waals surface area contributed by atoms with E-state index in [1.54, 1.807) is 17.0 Å². The van der Waals surface area contributed by atoms with Crippen LogP contribution in [0.4, 0.5) is 0 Å². The fourth-order valence-electron chi connectivity index (χ4n) is 3.64. The zero-order valence-corrected chi connectivity index (χ0v) is 18.0. The zero-order chi connectivity index (χ0) is 21.1. The summed E-state index contributed by atoms with van der Waals surface area (Å²) in [6.45, 7) is 1.35. The molecule has 1 fully saturated rings. The molecule has 30 heavy (non-hydrogen) atoms. The number of benzene rings is 2. The van der Waals surface area contributed by atoms with E-state index in [4.69, 9.17) is 11.6 Å². The molecule has 1 aliphatic rings. The first-order chi connectivity index (χ1) is 14.4. The van der Waals surface area contributed by atoms with E-state index in [0.29, 0.717) is 37.4 Å². The zero-order valence-electron chi connectivity index (χ0n) is 16.4. The lowest BCUT2D eigenvalue weighted by atomic mass is 10.2. The summed E-state index contributed by atoms with van der Waals surface area (Å²) in [5.41, 5.74) is 1.92. The maximum atomic E-state index is 12.8. The largest absolute Gasteiger partial charge is 0.342 e. The van der Waals surface area contributed by atoms with Crippen molar-refractivity contribution >= 4 is 38.6 Å². The van der Waals surface area contributed by atoms with Gasteiger partial charge in [0.15, 0.2) is 0 Å². The van der Waals surface area contributed by atoms with Gasteiger partial charge in [-0.15, -0.1) is 0 Å². The van der Waals surface area contributed by atoms with Crippen LogP contribution in [0.3, 0.4) is 0 Å². The number of nitrogens with one attached hydrogen (secondary N) is 1. The maximum absolute atomic E-state index is 12.8. The Bertz CT molecular complexity index is 1120. The van der Waals surface area contributed by atoms with Crippen LogP contribution in [0.2, 0.25) is 5.02 Å². The van der Waals surface area contributed by atoms with E-state index in [9.17, 15) is 13.2 Å². The Morgan fingerprint density at radius 1 is 1.07 bits per heavy atom. The number of piperazine rings is 1. The molecular formula is C21H23ClN4O3S. The van der Waals surface area contributed by atoms with E-state index in [1.165, 1.54) is 16.4 Å². The third kappa shape index (κ3) is 4.50. The minimum atomic E-state index is -3.60. The van der Waals surface area contributed by atoms with Gasteiger partial charge in [0.2, 0.25) is 15.9 Å². The van der Waals surface area contributed by atoms with Crippen LogP contribution in [0.1, 0.15) is 18.7 Å². The number of nitrogens with zero attached hydrogens (tertiary/aromatic N) is 3. The van der Waals surface area contributed by atoms with Gasteiger partial charge >= 0.3 is 0 Å². The van der Waals surface area contributed by atoms with E-state index in [2.05, 4.69) is 9.97 Å². The number of hydrogen-bond donors (Lipinski definition) is 1. The quantitative estimate of drug-likeness (QED) is 0.630. The Balaban J connectivity index is 1.28. The number of imidazole rings is 1. The summed E-state index contributed by atoms with van der Waals surface area (Å²) >= 11 is 5.93. The van der Waals surface area contributed by atoms with E-state index in [0.717, 1.165) is 16.9 Å². The Kier molecular flexibility index (Phi) is 6.08. The van der Waals surface area contributed by atoms with Crippen molar-refractivity contribution in [1.82, 2.24) is 19.2 Å². The standard InChI is InChI=1S/C21H23ClN4O3S/c22-16-5-3-6-17(15-16)30(28,29)26-13-11-25(12-14-26)21(27)10-4-9-20-23-18-7-1-2-8-19(18)24-20/h1-3,5-8,15H,4,9-14H2,(H,23,24). The highest BCUT2D eigenvalue weighted by molar-refractivity contribution is 7.89. The number of hydrogen-bond acceptors (Lipinski definition) is 4. The molecular weight excluding hydrogens is 424 g/mol. The topological polar surface area (TPSA) is 86.4 Å². The van der Waals surface area contributed by atoms with Crippen LogP contribution in [0.25, 0.3) is 11.0 Å². The SMILES string of the molecule is O=C(CCCc1nc2ccccc2[nH]1)N1CCN(S(=O)(=O)c2cccc(Cl)c2)CC1. The Hall–Kier alpha value is -2.42. The highest BCUT2D eigenvalue weighted by atomic mass is 35.5. The molecule has 2 heterocycles. The Labute approximate surface area is 180 Å². The number of amides is 1. The summed E-state index contributed by atoms with van der Waals surface area (Å²) in [7, 11) is -3.60. The van der Waals surface area contributed by atoms with Crippen LogP contribution in [-0.2, 0) is 21.2 Å². The number of carbonyl (C=O) groups excluding carboxylic acids is 1. The molecule has 0 saturated carbocycles. The van der Waals surface area contributed by atoms with Crippen molar-refractivity contribution in [2.24, 2.45) is 0 Å². The number of carbonyl (C=O) groups is 1. The fraction of sp³-hybridized carbons (Fsp3) is 0.333. The fourth-order valence-corrected chi connectivity index (χ4v) is 5.37. The molecule has 9 heteroatoms. The van der Waals surface area contributed by atoms with Gasteiger partial charge in [0.05, 0.1) is 15.9 Å². The third-order valence-corrected chi connectivity index (χ3v) is 7.40. The van der Waals surface area contributed by atoms with Crippen molar-refractivity contribution in [2.75, 3.05) is 26.2 Å². The number of fused-ring (bicyclic) bond motifs is 1. The molecule has 7 nitrogen and oxygen atoms in total. The van der Waals surface area contributed by atoms with Gasteiger partial charge in [0, 0.05) is 44.0 Å². The van der Waals surface area contributed by atoms with E-state index in [1.807, 2.05) is 24.3 Å². The second-order valence-electron chi connectivity index (χ2n) is 7.30. The number of rotatable bonds is 6. The predicted octanol–water partition coefficient (Wildman–Crippen LogP) is 3.07. The second kappa shape index (κ2) is 8.75. The summed E-state index contributed by atoms with van der Waals surface area (Å²) < 4.78 is 27.0. The lowest BCUT2D eigenvalue weighted by Crippen LogP contribution is -2.50. The number of aryl methyl sites for hydroxylation is 1. The lowest BCUT2D eigenvalue weighted by molar-refractivity contribution is -0.132. The Morgan fingerprint density at radius 3 is 2.57 bits per heavy atom. The van der Waals surface area contributed by atoms with Crippen LogP contribution >= 0.6 is 11.6 Å². The van der Waals surface area contributed by atoms with E-state index in [-0.39, 0.29) is 23.9 Å². The van der Waals surface area contributed by atoms with Crippen LogP contribution in [0, 0.1) is 0 Å². The molecule has 0 bridgehead atoms. The first-order valence-corrected chi connectivity index (χ1v) is 11.7. The van der Waals surface area contributed by atoms with E-state index >= 15 is 0 Å². The van der Waals surface area contributed by atoms with Crippen molar-refractivity contribution in [2.45, 2.75) is 24.2 Å². The van der Waals surface area contributed by atoms with Gasteiger partial charge in [-0.1, -0.05) is 29.8 Å². The van der Waals surface area contributed by atoms with Crippen LogP contribution < -0.4 is 0 Å². The maximum Gasteiger partial charge on any atom is 0.243 e. The molecule has 1 N–H and O–H groups in total. The third-order valence-electron chi connectivity index (χ3n) is 5.27. The van der Waals surface area contributed by atoms with Gasteiger partial charge in [-0.2, -0.15) is 4.31 Å². The molecule has 1 aliphatic heterocycles. The molecule has 0 atom stereocenters. The van der Waals surface area contributed by atoms with Gasteiger partial charge in [0.1, 0.15) is 5.82 Å². The molecule has 4 rings (SSSR count). The van der Waals surface area contributed by atoms with Crippen molar-refractivity contribution in [3.05, 3.63) is 59.4 Å². The normalized spacial score (nSPS) is 15.6. The highest BCUT2D eigenvalue weighted by Gasteiger charge is 2.30. The molecule has 1 aromatic heterocycles. The molecule has 0 radical (unpaired) electrons. The number of aromatic nitrogens is 2. The van der Waals surface area contributed by atoms with Gasteiger partial charge < -0.3 is 9.88 Å². The highest BCUT2D eigenvalue weighted by Crippen LogP contribution is 2.21. The first kappa shape index (κ1) is 20.8. The van der Waals surface area contributed by atoms with Crippen molar-refractivity contribution in [3.8, 4) is 0 Å². The van der Waals surface area contributed by atoms with Crippen molar-refractivity contribution in [1.29, 1.82) is 0 Å². The molecule has 1 amide bonds. The summed E-state index contributed by atoms with van der Waals surface area (Å²) in [4.78, 5) is 22.3. The first-order valence-electron chi connectivity index (χ1n) is 9.90. The summed E-state index contributed by atoms with van der Waals surface area (Å²) in [5, 5.41) is 0.384. The molecule has 3 aromatic rings. The number of halogens is 1. The Morgan fingerprint density at radius 2 is 1.83 bits per heavy atom. The smallest absolute Gasteiger partial charge is 0.243 e. The summed E-state index contributed by atoms with van der Waals surface area (Å²) in [5.74, 6) is 0.923. The van der Waals surface area contributed by atoms with Gasteiger partial charge in [-0.25, -0.2) is 13.4 Å². The number of aromatic amines is 1. The predicted molar refractivity (Wildman–Crippen MR) is 116 cm³/mol. The average Bonchev–Trinajstić information content (AvgIpc) is 3.16. The number of sulfonamides is 1. The van der Waals surface area contributed by atoms with Crippen LogP contribution in [0.15, 0.2) is 53.4 Å². The van der Waals surface area contributed by atoms with Gasteiger partial charge in [-0.05, 0) is 36.8 Å². The monoisotopic (exact) mass is 446 g/mol. The minimum Gasteiger partial charge on any atom is -0.342 e. The van der Waals surface area contributed by atoms with Crippen molar-refractivity contribution < 1.29 is 13.2 Å². The van der Waals surface area contributed by atoms with Crippen molar-refractivity contribution in [3.63, 3.8) is 0 Å². The minimum absolute atomic E-state index is 0.0471. The van der Waals surface area contributed by atoms with E-state index < -0.39 is 10.0 Å². The van der Waals surface area contributed by atoms with Crippen LogP contribution in [-0.4, -0.2) is 59.7 Å².